The van der Waals surface area contributed by atoms with Crippen LogP contribution in [0.4, 0.5) is 0 Å². The minimum atomic E-state index is -0.549. The summed E-state index contributed by atoms with van der Waals surface area (Å²) in [6.45, 7) is 4.43. The van der Waals surface area contributed by atoms with Gasteiger partial charge in [-0.1, -0.05) is 11.6 Å². The van der Waals surface area contributed by atoms with Gasteiger partial charge in [0.15, 0.2) is 17.8 Å². The largest absolute Gasteiger partial charge is 0.491 e. The molecule has 1 aromatic carbocycles. The number of benzene rings is 1. The van der Waals surface area contributed by atoms with Crippen molar-refractivity contribution < 1.29 is 33.6 Å². The highest BCUT2D eigenvalue weighted by Gasteiger charge is 2.31. The van der Waals surface area contributed by atoms with Gasteiger partial charge in [-0.05, 0) is 19.0 Å². The Morgan fingerprint density at radius 2 is 2.00 bits per heavy atom. The van der Waals surface area contributed by atoms with E-state index in [1.165, 1.54) is 13.2 Å². The predicted octanol–water partition coefficient (Wildman–Crippen LogP) is 1.30. The number of nitrogens with one attached hydrogen (secondary N) is 1. The van der Waals surface area contributed by atoms with Gasteiger partial charge in [0.05, 0.1) is 50.2 Å². The van der Waals surface area contributed by atoms with Crippen LogP contribution in [0.1, 0.15) is 23.2 Å². The van der Waals surface area contributed by atoms with Crippen LogP contribution in [0.2, 0.25) is 5.02 Å². The van der Waals surface area contributed by atoms with E-state index in [0.717, 1.165) is 13.0 Å². The SMILES string of the molecule is COc1c(Cl)cc(C(=O)NC[C@@H]2CCN(CC3OCCO3)C[C@H]2O)c2c1OCCCO2. The van der Waals surface area contributed by atoms with Crippen molar-refractivity contribution in [3.05, 3.63) is 16.7 Å². The third-order valence-corrected chi connectivity index (χ3v) is 6.08. The second kappa shape index (κ2) is 10.2. The molecule has 2 saturated heterocycles. The molecule has 3 heterocycles. The molecule has 3 aliphatic heterocycles. The van der Waals surface area contributed by atoms with E-state index in [9.17, 15) is 9.90 Å². The van der Waals surface area contributed by atoms with Gasteiger partial charge in [0, 0.05) is 32.0 Å². The van der Waals surface area contributed by atoms with Crippen LogP contribution < -0.4 is 19.5 Å². The zero-order chi connectivity index (χ0) is 21.8. The minimum Gasteiger partial charge on any atom is -0.491 e. The van der Waals surface area contributed by atoms with Crippen molar-refractivity contribution in [2.24, 2.45) is 5.92 Å². The van der Waals surface area contributed by atoms with Gasteiger partial charge in [0.1, 0.15) is 0 Å². The fourth-order valence-electron chi connectivity index (χ4n) is 4.12. The number of amides is 1. The first-order valence-corrected chi connectivity index (χ1v) is 11.0. The Balaban J connectivity index is 1.37. The topological polar surface area (TPSA) is 98.7 Å². The van der Waals surface area contributed by atoms with Crippen molar-refractivity contribution in [1.82, 2.24) is 10.2 Å². The number of nitrogens with zero attached hydrogens (tertiary/aromatic N) is 1. The number of hydrogen-bond acceptors (Lipinski definition) is 8. The van der Waals surface area contributed by atoms with E-state index in [-0.39, 0.29) is 23.1 Å². The van der Waals surface area contributed by atoms with Gasteiger partial charge in [0.25, 0.3) is 5.91 Å². The number of piperidine rings is 1. The molecule has 3 aliphatic rings. The van der Waals surface area contributed by atoms with Crippen LogP contribution in [0.3, 0.4) is 0 Å². The summed E-state index contributed by atoms with van der Waals surface area (Å²) in [5, 5.41) is 13.8. The number of methoxy groups -OCH3 is 1. The molecule has 10 heteroatoms. The quantitative estimate of drug-likeness (QED) is 0.661. The number of aliphatic hydroxyl groups is 1. The minimum absolute atomic E-state index is 0.0462. The molecule has 0 aromatic heterocycles. The van der Waals surface area contributed by atoms with E-state index in [2.05, 4.69) is 10.2 Å². The van der Waals surface area contributed by atoms with E-state index >= 15 is 0 Å². The molecular weight excluding hydrogens is 428 g/mol. The van der Waals surface area contributed by atoms with Crippen molar-refractivity contribution in [1.29, 1.82) is 0 Å². The Hall–Kier alpha value is -1.78. The number of likely N-dealkylation sites (tertiary alicyclic amines) is 1. The van der Waals surface area contributed by atoms with E-state index in [0.29, 0.717) is 75.3 Å². The van der Waals surface area contributed by atoms with Crippen molar-refractivity contribution in [2.45, 2.75) is 25.2 Å². The molecule has 9 nitrogen and oxygen atoms in total. The number of halogens is 1. The van der Waals surface area contributed by atoms with Gasteiger partial charge in [-0.25, -0.2) is 0 Å². The highest BCUT2D eigenvalue weighted by atomic mass is 35.5. The fourth-order valence-corrected chi connectivity index (χ4v) is 4.40. The zero-order valence-electron chi connectivity index (χ0n) is 17.6. The summed E-state index contributed by atoms with van der Waals surface area (Å²) in [5.41, 5.74) is 0.296. The maximum absolute atomic E-state index is 13.0. The average Bonchev–Trinajstić information content (AvgIpc) is 3.14. The van der Waals surface area contributed by atoms with Gasteiger partial charge < -0.3 is 34.1 Å². The lowest BCUT2D eigenvalue weighted by molar-refractivity contribution is -0.0780. The van der Waals surface area contributed by atoms with E-state index < -0.39 is 6.10 Å². The van der Waals surface area contributed by atoms with Crippen LogP contribution in [0.15, 0.2) is 6.07 Å². The van der Waals surface area contributed by atoms with Crippen molar-refractivity contribution in [2.75, 3.05) is 59.7 Å². The van der Waals surface area contributed by atoms with Gasteiger partial charge in [0.2, 0.25) is 5.75 Å². The monoisotopic (exact) mass is 456 g/mol. The number of aliphatic hydroxyl groups excluding tert-OH is 1. The van der Waals surface area contributed by atoms with Gasteiger partial charge in [-0.3, -0.25) is 9.69 Å². The maximum atomic E-state index is 13.0. The van der Waals surface area contributed by atoms with Crippen LogP contribution in [0, 0.1) is 5.92 Å². The summed E-state index contributed by atoms with van der Waals surface area (Å²) in [6.07, 6.45) is 0.681. The molecule has 0 unspecified atom stereocenters. The number of fused-ring (bicyclic) bond motifs is 1. The number of β-amino-alcohol motifs (C(OH)–C–C–N with tert-alkyl or cyclic N) is 1. The molecular formula is C21H29ClN2O7. The fraction of sp³-hybridized carbons (Fsp3) is 0.667. The van der Waals surface area contributed by atoms with E-state index in [4.69, 9.17) is 35.3 Å². The van der Waals surface area contributed by atoms with Crippen LogP contribution in [0.5, 0.6) is 17.2 Å². The van der Waals surface area contributed by atoms with Crippen molar-refractivity contribution in [3.8, 4) is 17.2 Å². The molecule has 0 bridgehead atoms. The maximum Gasteiger partial charge on any atom is 0.255 e. The third kappa shape index (κ3) is 5.18. The number of carbonyl (C=O) groups is 1. The second-order valence-corrected chi connectivity index (χ2v) is 8.31. The van der Waals surface area contributed by atoms with Gasteiger partial charge in [-0.2, -0.15) is 0 Å². The van der Waals surface area contributed by atoms with Gasteiger partial charge >= 0.3 is 0 Å². The summed E-state index contributed by atoms with van der Waals surface area (Å²) >= 11 is 6.32. The van der Waals surface area contributed by atoms with E-state index in [1.807, 2.05) is 0 Å². The Morgan fingerprint density at radius 3 is 2.71 bits per heavy atom. The number of hydrogen-bond donors (Lipinski definition) is 2. The lowest BCUT2D eigenvalue weighted by Crippen LogP contribution is -2.49. The van der Waals surface area contributed by atoms with E-state index in [1.54, 1.807) is 0 Å². The molecule has 172 valence electrons. The Morgan fingerprint density at radius 1 is 1.26 bits per heavy atom. The second-order valence-electron chi connectivity index (χ2n) is 7.90. The standard InChI is InChI=1S/C21H29ClN2O7/c1-27-19-15(22)9-14(18-20(19)31-6-2-5-30-18)21(26)23-10-13-3-4-24(11-16(13)25)12-17-28-7-8-29-17/h9,13,16-17,25H,2-8,10-12H2,1H3,(H,23,26)/t13-,16+/m0/s1. The molecule has 1 aromatic rings. The highest BCUT2D eigenvalue weighted by Crippen LogP contribution is 2.46. The lowest BCUT2D eigenvalue weighted by atomic mass is 9.93. The average molecular weight is 457 g/mol. The summed E-state index contributed by atoms with van der Waals surface area (Å²) < 4.78 is 27.8. The zero-order valence-corrected chi connectivity index (χ0v) is 18.4. The molecule has 0 aliphatic carbocycles. The first kappa shape index (κ1) is 22.4. The summed E-state index contributed by atoms with van der Waals surface area (Å²) in [4.78, 5) is 15.1. The smallest absolute Gasteiger partial charge is 0.255 e. The summed E-state index contributed by atoms with van der Waals surface area (Å²) in [5.74, 6) is 0.669. The normalized spacial score (nSPS) is 24.6. The predicted molar refractivity (Wildman–Crippen MR) is 112 cm³/mol. The number of ether oxygens (including phenoxy) is 5. The van der Waals surface area contributed by atoms with Crippen LogP contribution in [-0.2, 0) is 9.47 Å². The first-order valence-electron chi connectivity index (χ1n) is 10.6. The van der Waals surface area contributed by atoms with Crippen molar-refractivity contribution in [3.63, 3.8) is 0 Å². The molecule has 31 heavy (non-hydrogen) atoms. The summed E-state index contributed by atoms with van der Waals surface area (Å²) in [7, 11) is 1.49. The highest BCUT2D eigenvalue weighted by molar-refractivity contribution is 6.33. The molecule has 0 radical (unpaired) electrons. The van der Waals surface area contributed by atoms with Crippen molar-refractivity contribution >= 4 is 17.5 Å². The van der Waals surface area contributed by atoms with Crippen LogP contribution >= 0.6 is 11.6 Å². The van der Waals surface area contributed by atoms with Gasteiger partial charge in [-0.15, -0.1) is 0 Å². The Kier molecular flexibility index (Phi) is 7.39. The Labute approximate surface area is 186 Å². The number of carbonyl (C=O) groups excluding carboxylic acids is 1. The van der Waals surface area contributed by atoms with Crippen LogP contribution in [-0.4, -0.2) is 88.0 Å². The molecule has 2 atom stereocenters. The first-order chi connectivity index (χ1) is 15.1. The van der Waals surface area contributed by atoms with Crippen LogP contribution in [0.25, 0.3) is 0 Å². The number of rotatable bonds is 6. The summed E-state index contributed by atoms with van der Waals surface area (Å²) in [6, 6.07) is 1.53. The Bertz CT molecular complexity index is 787. The molecule has 2 N–H and O–H groups in total. The molecule has 1 amide bonds. The third-order valence-electron chi connectivity index (χ3n) is 5.80. The molecule has 4 rings (SSSR count). The molecule has 0 spiro atoms. The molecule has 0 saturated carbocycles. The molecule has 2 fully saturated rings. The lowest BCUT2D eigenvalue weighted by Gasteiger charge is -2.36.